The quantitative estimate of drug-likeness (QED) is 0.187. The number of aliphatic hydroxyl groups is 1. The molecule has 3 aliphatic carbocycles. The number of ether oxygens (including phenoxy) is 3. The molecule has 1 N–H and O–H groups in total. The van der Waals surface area contributed by atoms with Crippen molar-refractivity contribution in [2.24, 2.45) is 10.8 Å². The first kappa shape index (κ1) is 33.8. The third-order valence-corrected chi connectivity index (χ3v) is 9.78. The minimum Gasteiger partial charge on any atom is -0.426 e. The Kier molecular flexibility index (Phi) is 9.16. The number of halogens is 1. The highest BCUT2D eigenvalue weighted by Gasteiger charge is 2.59. The third kappa shape index (κ3) is 7.49. The predicted octanol–water partition coefficient (Wildman–Crippen LogP) is 8.16. The second kappa shape index (κ2) is 12.7. The van der Waals surface area contributed by atoms with Crippen molar-refractivity contribution in [3.05, 3.63) is 88.3 Å². The van der Waals surface area contributed by atoms with E-state index < -0.39 is 17.4 Å². The van der Waals surface area contributed by atoms with Crippen LogP contribution in [0.5, 0.6) is 5.75 Å². The fourth-order valence-corrected chi connectivity index (χ4v) is 7.09. The summed E-state index contributed by atoms with van der Waals surface area (Å²) in [5.41, 5.74) is 5.82. The standard InChI is InChI=1S/C40H50FNO5/c1-25-11-17-31(33(41)21-25)32-10-8-9-27-22-29(46-36(43)38(2,3)4)16-18-30(27)35(32)26-12-14-28(15-13-26)45-34-23-40(34)19-20-42(24-40)37(44)47-39(5,6)7/h11-14,16-18,21-22,28,34,37,44H,8-10,15,19-20,23-24H2,1-7H3. The molecule has 1 saturated carbocycles. The molecule has 0 bridgehead atoms. The van der Waals surface area contributed by atoms with Crippen LogP contribution in [0, 0.1) is 23.6 Å². The molecule has 6 rings (SSSR count). The van der Waals surface area contributed by atoms with E-state index in [9.17, 15) is 9.90 Å². The van der Waals surface area contributed by atoms with Gasteiger partial charge in [0, 0.05) is 24.1 Å². The van der Waals surface area contributed by atoms with Gasteiger partial charge in [0.15, 0.2) is 0 Å². The molecule has 0 aromatic heterocycles. The van der Waals surface area contributed by atoms with E-state index in [0.717, 1.165) is 85.0 Å². The molecule has 6 nitrogen and oxygen atoms in total. The van der Waals surface area contributed by atoms with Crippen molar-refractivity contribution < 1.29 is 28.5 Å². The Bertz CT molecular complexity index is 1630. The first-order valence-corrected chi connectivity index (χ1v) is 17.1. The molecule has 0 amide bonds. The van der Waals surface area contributed by atoms with E-state index in [0.29, 0.717) is 11.3 Å². The average molecular weight is 644 g/mol. The molecule has 2 aromatic carbocycles. The number of nitrogens with zero attached hydrogens (tertiary/aromatic N) is 1. The van der Waals surface area contributed by atoms with E-state index in [1.807, 2.05) is 83.7 Å². The number of carbonyl (C=O) groups excluding carboxylic acids is 1. The van der Waals surface area contributed by atoms with Gasteiger partial charge in [-0.25, -0.2) is 4.39 Å². The Morgan fingerprint density at radius 2 is 1.83 bits per heavy atom. The van der Waals surface area contributed by atoms with E-state index in [-0.39, 0.29) is 29.4 Å². The van der Waals surface area contributed by atoms with Crippen molar-refractivity contribution in [1.29, 1.82) is 0 Å². The van der Waals surface area contributed by atoms with E-state index in [4.69, 9.17) is 14.2 Å². The summed E-state index contributed by atoms with van der Waals surface area (Å²) in [5, 5.41) is 10.6. The van der Waals surface area contributed by atoms with Crippen molar-refractivity contribution >= 4 is 17.1 Å². The van der Waals surface area contributed by atoms with Gasteiger partial charge in [-0.05, 0) is 139 Å². The number of likely N-dealkylation sites (tertiary alicyclic amines) is 1. The van der Waals surface area contributed by atoms with Gasteiger partial charge in [-0.3, -0.25) is 9.69 Å². The van der Waals surface area contributed by atoms with Gasteiger partial charge in [-0.1, -0.05) is 36.4 Å². The summed E-state index contributed by atoms with van der Waals surface area (Å²) in [6, 6.07) is 11.4. The molecule has 2 fully saturated rings. The molecule has 1 spiro atoms. The van der Waals surface area contributed by atoms with Crippen LogP contribution in [0.25, 0.3) is 11.1 Å². The minimum atomic E-state index is -0.902. The summed E-state index contributed by atoms with van der Waals surface area (Å²) in [6.07, 6.45) is 10.8. The summed E-state index contributed by atoms with van der Waals surface area (Å²) in [4.78, 5) is 14.7. The number of benzene rings is 2. The summed E-state index contributed by atoms with van der Waals surface area (Å²) in [7, 11) is 0. The summed E-state index contributed by atoms with van der Waals surface area (Å²) in [6.45, 7) is 14.9. The number of hydrogen-bond acceptors (Lipinski definition) is 6. The normalized spacial score (nSPS) is 25.4. The van der Waals surface area contributed by atoms with Crippen molar-refractivity contribution in [3.8, 4) is 5.75 Å². The number of fused-ring (bicyclic) bond motifs is 1. The third-order valence-electron chi connectivity index (χ3n) is 9.78. The summed E-state index contributed by atoms with van der Waals surface area (Å²) >= 11 is 0. The largest absolute Gasteiger partial charge is 0.426 e. The van der Waals surface area contributed by atoms with Crippen LogP contribution in [0.4, 0.5) is 4.39 Å². The zero-order chi connectivity index (χ0) is 33.7. The van der Waals surface area contributed by atoms with Gasteiger partial charge >= 0.3 is 5.97 Å². The number of aryl methyl sites for hydroxylation is 2. The highest BCUT2D eigenvalue weighted by atomic mass is 19.1. The SMILES string of the molecule is Cc1ccc(C2=C(C3=CCC(OC4CC45CCN(C(O)OC(C)(C)C)C5)C=C3)c3ccc(OC(=O)C(C)(C)C)cc3CCC2)c(F)c1. The maximum atomic E-state index is 15.5. The smallest absolute Gasteiger partial charge is 0.316 e. The lowest BCUT2D eigenvalue weighted by atomic mass is 9.85. The van der Waals surface area contributed by atoms with E-state index >= 15 is 4.39 Å². The van der Waals surface area contributed by atoms with Gasteiger partial charge in [0.25, 0.3) is 0 Å². The van der Waals surface area contributed by atoms with Crippen LogP contribution in [0.2, 0.25) is 0 Å². The zero-order valence-corrected chi connectivity index (χ0v) is 29.0. The van der Waals surface area contributed by atoms with Crippen molar-refractivity contribution in [3.63, 3.8) is 0 Å². The van der Waals surface area contributed by atoms with Crippen LogP contribution >= 0.6 is 0 Å². The molecule has 4 aliphatic rings. The van der Waals surface area contributed by atoms with Gasteiger partial charge in [0.2, 0.25) is 6.41 Å². The zero-order valence-electron chi connectivity index (χ0n) is 29.0. The van der Waals surface area contributed by atoms with E-state index in [2.05, 4.69) is 18.2 Å². The lowest BCUT2D eigenvalue weighted by Gasteiger charge is -2.30. The molecule has 1 heterocycles. The van der Waals surface area contributed by atoms with Crippen LogP contribution in [0.15, 0.2) is 60.2 Å². The topological polar surface area (TPSA) is 68.2 Å². The minimum absolute atomic E-state index is 0.0440. The molecular weight excluding hydrogens is 593 g/mol. The van der Waals surface area contributed by atoms with Crippen molar-refractivity contribution in [2.45, 2.75) is 111 Å². The Hall–Kier alpha value is -3.10. The molecule has 7 heteroatoms. The van der Waals surface area contributed by atoms with Crippen LogP contribution in [0.3, 0.4) is 0 Å². The number of rotatable bonds is 7. The second-order valence-corrected chi connectivity index (χ2v) is 15.9. The molecule has 47 heavy (non-hydrogen) atoms. The molecule has 1 saturated heterocycles. The molecule has 4 atom stereocenters. The van der Waals surface area contributed by atoms with Crippen molar-refractivity contribution in [2.75, 3.05) is 13.1 Å². The van der Waals surface area contributed by atoms with Crippen LogP contribution in [0.1, 0.15) is 95.9 Å². The Morgan fingerprint density at radius 1 is 1.06 bits per heavy atom. The molecule has 252 valence electrons. The first-order chi connectivity index (χ1) is 22.1. The second-order valence-electron chi connectivity index (χ2n) is 15.9. The summed E-state index contributed by atoms with van der Waals surface area (Å²) < 4.78 is 33.7. The Labute approximate surface area is 279 Å². The van der Waals surface area contributed by atoms with Gasteiger partial charge in [-0.2, -0.15) is 0 Å². The fourth-order valence-electron chi connectivity index (χ4n) is 7.09. The molecular formula is C40H50FNO5. The fraction of sp³-hybridized carbons (Fsp3) is 0.525. The number of allylic oxidation sites excluding steroid dienone is 4. The number of aliphatic hydroxyl groups excluding tert-OH is 1. The van der Waals surface area contributed by atoms with Crippen LogP contribution in [-0.2, 0) is 20.7 Å². The Morgan fingerprint density at radius 3 is 2.51 bits per heavy atom. The summed E-state index contributed by atoms with van der Waals surface area (Å²) in [5.74, 6) is 0.0577. The average Bonchev–Trinajstić information content (AvgIpc) is 3.52. The van der Waals surface area contributed by atoms with Crippen LogP contribution in [-0.4, -0.2) is 53.3 Å². The Balaban J connectivity index is 1.23. The first-order valence-electron chi connectivity index (χ1n) is 17.1. The van der Waals surface area contributed by atoms with Crippen LogP contribution < -0.4 is 4.74 Å². The highest BCUT2D eigenvalue weighted by Crippen LogP contribution is 2.56. The molecule has 1 aliphatic heterocycles. The highest BCUT2D eigenvalue weighted by molar-refractivity contribution is 6.01. The monoisotopic (exact) mass is 643 g/mol. The molecule has 4 unspecified atom stereocenters. The van der Waals surface area contributed by atoms with Gasteiger partial charge < -0.3 is 19.3 Å². The number of esters is 1. The lowest BCUT2D eigenvalue weighted by Crippen LogP contribution is -2.40. The van der Waals surface area contributed by atoms with Gasteiger partial charge in [-0.15, -0.1) is 0 Å². The van der Waals surface area contributed by atoms with Gasteiger partial charge in [0.05, 0.1) is 23.2 Å². The lowest BCUT2D eigenvalue weighted by molar-refractivity contribution is -0.234. The van der Waals surface area contributed by atoms with E-state index in [1.165, 1.54) is 0 Å². The van der Waals surface area contributed by atoms with E-state index in [1.54, 1.807) is 6.07 Å². The molecule has 0 radical (unpaired) electrons. The van der Waals surface area contributed by atoms with Gasteiger partial charge in [0.1, 0.15) is 11.6 Å². The predicted molar refractivity (Wildman–Crippen MR) is 183 cm³/mol. The number of hydrogen-bond donors (Lipinski definition) is 1. The maximum absolute atomic E-state index is 15.5. The molecule has 2 aromatic rings. The van der Waals surface area contributed by atoms with Crippen molar-refractivity contribution in [1.82, 2.24) is 4.90 Å². The number of carbonyl (C=O) groups is 1. The maximum Gasteiger partial charge on any atom is 0.316 e.